The molecule has 0 bridgehead atoms. The molecule has 0 unspecified atom stereocenters. The van der Waals surface area contributed by atoms with Crippen molar-refractivity contribution >= 4 is 17.2 Å². The van der Waals surface area contributed by atoms with Crippen LogP contribution in [0.5, 0.6) is 0 Å². The zero-order chi connectivity index (χ0) is 15.3. The third-order valence-electron chi connectivity index (χ3n) is 2.91. The lowest BCUT2D eigenvalue weighted by molar-refractivity contribution is -0.124. The van der Waals surface area contributed by atoms with Gasteiger partial charge in [0.15, 0.2) is 0 Å². The molecule has 0 heterocycles. The fourth-order valence-corrected chi connectivity index (χ4v) is 1.99. The van der Waals surface area contributed by atoms with Crippen LogP contribution >= 0.6 is 0 Å². The number of nitrogens with zero attached hydrogens (tertiary/aromatic N) is 3. The van der Waals surface area contributed by atoms with Gasteiger partial charge in [0.1, 0.15) is 0 Å². The van der Waals surface area contributed by atoms with Gasteiger partial charge in [-0.15, -0.1) is 0 Å². The minimum absolute atomic E-state index is 0.0329. The maximum Gasteiger partial charge on any atom is 0.255 e. The molecule has 1 amide bonds. The van der Waals surface area contributed by atoms with E-state index >= 15 is 0 Å². The van der Waals surface area contributed by atoms with E-state index in [9.17, 15) is 4.79 Å². The van der Waals surface area contributed by atoms with Gasteiger partial charge in [0, 0.05) is 28.2 Å². The van der Waals surface area contributed by atoms with Crippen LogP contribution in [0.1, 0.15) is 19.4 Å². The van der Waals surface area contributed by atoms with Gasteiger partial charge in [-0.05, 0) is 25.0 Å². The second-order valence-corrected chi connectivity index (χ2v) is 5.10. The molecule has 20 heavy (non-hydrogen) atoms. The molecule has 0 spiro atoms. The van der Waals surface area contributed by atoms with Crippen LogP contribution in [0.15, 0.2) is 41.0 Å². The van der Waals surface area contributed by atoms with Gasteiger partial charge in [-0.1, -0.05) is 30.3 Å². The van der Waals surface area contributed by atoms with Crippen molar-refractivity contribution in [2.75, 3.05) is 28.2 Å². The summed E-state index contributed by atoms with van der Waals surface area (Å²) in [6, 6.07) is 9.90. The van der Waals surface area contributed by atoms with Crippen LogP contribution in [0.4, 0.5) is 0 Å². The summed E-state index contributed by atoms with van der Waals surface area (Å²) in [6.45, 7) is 3.82. The summed E-state index contributed by atoms with van der Waals surface area (Å²) in [6.07, 6.45) is 0. The van der Waals surface area contributed by atoms with Crippen molar-refractivity contribution in [2.24, 2.45) is 5.10 Å². The molecule has 4 heteroatoms. The van der Waals surface area contributed by atoms with Crippen LogP contribution in [-0.2, 0) is 4.79 Å². The van der Waals surface area contributed by atoms with Gasteiger partial charge >= 0.3 is 0 Å². The summed E-state index contributed by atoms with van der Waals surface area (Å²) in [7, 11) is 7.20. The molecule has 4 nitrogen and oxygen atoms in total. The lowest BCUT2D eigenvalue weighted by atomic mass is 9.97. The molecule has 1 aromatic rings. The van der Waals surface area contributed by atoms with Crippen molar-refractivity contribution < 1.29 is 4.79 Å². The third kappa shape index (κ3) is 3.95. The minimum Gasteiger partial charge on any atom is -0.345 e. The predicted octanol–water partition coefficient (Wildman–Crippen LogP) is 2.49. The van der Waals surface area contributed by atoms with Crippen LogP contribution in [0, 0.1) is 0 Å². The summed E-state index contributed by atoms with van der Waals surface area (Å²) in [5.74, 6) is -0.0329. The lowest BCUT2D eigenvalue weighted by Gasteiger charge is -2.18. The molecule has 0 aliphatic rings. The van der Waals surface area contributed by atoms with Crippen molar-refractivity contribution in [2.45, 2.75) is 13.8 Å². The third-order valence-corrected chi connectivity index (χ3v) is 2.91. The number of rotatable bonds is 4. The van der Waals surface area contributed by atoms with E-state index in [1.807, 2.05) is 58.3 Å². The van der Waals surface area contributed by atoms with E-state index < -0.39 is 0 Å². The molecular formula is C16H23N3O. The Morgan fingerprint density at radius 1 is 1.00 bits per heavy atom. The van der Waals surface area contributed by atoms with Gasteiger partial charge in [-0.2, -0.15) is 5.10 Å². The topological polar surface area (TPSA) is 35.9 Å². The maximum absolute atomic E-state index is 12.4. The first-order valence-corrected chi connectivity index (χ1v) is 6.55. The zero-order valence-electron chi connectivity index (χ0n) is 13.1. The molecule has 0 radical (unpaired) electrons. The largest absolute Gasteiger partial charge is 0.345 e. The van der Waals surface area contributed by atoms with E-state index in [4.69, 9.17) is 0 Å². The Morgan fingerprint density at radius 2 is 1.55 bits per heavy atom. The van der Waals surface area contributed by atoms with Gasteiger partial charge in [0.25, 0.3) is 5.91 Å². The molecule has 0 fully saturated rings. The highest BCUT2D eigenvalue weighted by atomic mass is 16.2. The number of allylic oxidation sites excluding steroid dienone is 1. The molecule has 0 saturated heterocycles. The summed E-state index contributed by atoms with van der Waals surface area (Å²) in [4.78, 5) is 14.0. The molecule has 1 rings (SSSR count). The normalized spacial score (nSPS) is 12.8. The monoisotopic (exact) mass is 273 g/mol. The van der Waals surface area contributed by atoms with Crippen LogP contribution in [-0.4, -0.2) is 49.7 Å². The second-order valence-electron chi connectivity index (χ2n) is 5.10. The highest BCUT2D eigenvalue weighted by molar-refractivity contribution is 6.25. The van der Waals surface area contributed by atoms with Crippen LogP contribution in [0.2, 0.25) is 0 Å². The van der Waals surface area contributed by atoms with E-state index in [0.717, 1.165) is 16.8 Å². The van der Waals surface area contributed by atoms with Crippen molar-refractivity contribution in [1.29, 1.82) is 0 Å². The van der Waals surface area contributed by atoms with Crippen LogP contribution in [0.3, 0.4) is 0 Å². The average Bonchev–Trinajstić information content (AvgIpc) is 2.38. The Labute approximate surface area is 121 Å². The number of benzene rings is 1. The molecular weight excluding hydrogens is 250 g/mol. The Kier molecular flexibility index (Phi) is 5.50. The standard InChI is InChI=1S/C16H23N3O/c1-12(14-10-8-7-9-11-14)15(16(20)18(3)4)13(2)17-19(5)6/h7-11H,1-6H3/b15-12-,17-13+. The van der Waals surface area contributed by atoms with Crippen molar-refractivity contribution in [1.82, 2.24) is 9.91 Å². The summed E-state index contributed by atoms with van der Waals surface area (Å²) in [5.41, 5.74) is 3.34. The van der Waals surface area contributed by atoms with E-state index in [-0.39, 0.29) is 5.91 Å². The lowest BCUT2D eigenvalue weighted by Crippen LogP contribution is -2.28. The number of likely N-dealkylation sites (N-methyl/N-ethyl adjacent to an activating group) is 1. The average molecular weight is 273 g/mol. The Morgan fingerprint density at radius 3 is 2.00 bits per heavy atom. The molecule has 1 aromatic carbocycles. The minimum atomic E-state index is -0.0329. The fraction of sp³-hybridized carbons (Fsp3) is 0.375. The van der Waals surface area contributed by atoms with Crippen LogP contribution in [0.25, 0.3) is 5.57 Å². The number of amides is 1. The Hall–Kier alpha value is -2.10. The second kappa shape index (κ2) is 6.89. The molecule has 108 valence electrons. The summed E-state index contributed by atoms with van der Waals surface area (Å²) >= 11 is 0. The smallest absolute Gasteiger partial charge is 0.255 e. The van der Waals surface area contributed by atoms with Crippen LogP contribution < -0.4 is 0 Å². The number of hydrazone groups is 1. The van der Waals surface area contributed by atoms with E-state index in [1.165, 1.54) is 0 Å². The quantitative estimate of drug-likeness (QED) is 0.480. The van der Waals surface area contributed by atoms with Crippen molar-refractivity contribution in [3.05, 3.63) is 41.5 Å². The van der Waals surface area contributed by atoms with E-state index in [0.29, 0.717) is 5.57 Å². The summed E-state index contributed by atoms with van der Waals surface area (Å²) < 4.78 is 0. The molecule has 0 aliphatic carbocycles. The molecule has 0 saturated carbocycles. The Balaban J connectivity index is 3.41. The zero-order valence-corrected chi connectivity index (χ0v) is 13.1. The highest BCUT2D eigenvalue weighted by Crippen LogP contribution is 2.20. The first-order valence-electron chi connectivity index (χ1n) is 6.55. The van der Waals surface area contributed by atoms with E-state index in [1.54, 1.807) is 24.0 Å². The first-order chi connectivity index (χ1) is 9.34. The van der Waals surface area contributed by atoms with Gasteiger partial charge in [0.2, 0.25) is 0 Å². The number of carbonyl (C=O) groups is 1. The van der Waals surface area contributed by atoms with Gasteiger partial charge < -0.3 is 9.91 Å². The van der Waals surface area contributed by atoms with Gasteiger partial charge in [-0.25, -0.2) is 0 Å². The number of hydrogen-bond donors (Lipinski definition) is 0. The van der Waals surface area contributed by atoms with E-state index in [2.05, 4.69) is 5.10 Å². The molecule has 0 aliphatic heterocycles. The number of carbonyl (C=O) groups excluding carboxylic acids is 1. The van der Waals surface area contributed by atoms with Gasteiger partial charge in [0.05, 0.1) is 11.3 Å². The highest BCUT2D eigenvalue weighted by Gasteiger charge is 2.19. The molecule has 0 atom stereocenters. The first kappa shape index (κ1) is 16.0. The molecule has 0 N–H and O–H groups in total. The number of hydrogen-bond acceptors (Lipinski definition) is 3. The van der Waals surface area contributed by atoms with Crippen molar-refractivity contribution in [3.8, 4) is 0 Å². The van der Waals surface area contributed by atoms with Gasteiger partial charge in [-0.3, -0.25) is 4.79 Å². The fourth-order valence-electron chi connectivity index (χ4n) is 1.99. The Bertz CT molecular complexity index is 528. The maximum atomic E-state index is 12.4. The predicted molar refractivity (Wildman–Crippen MR) is 84.5 cm³/mol. The molecule has 0 aromatic heterocycles. The summed E-state index contributed by atoms with van der Waals surface area (Å²) in [5, 5.41) is 6.08. The van der Waals surface area contributed by atoms with Crippen molar-refractivity contribution in [3.63, 3.8) is 0 Å². The SMILES string of the molecule is C/C(=C(C(=O)N(C)C)\C(C)=N\N(C)C)c1ccccc1.